The van der Waals surface area contributed by atoms with Crippen molar-refractivity contribution in [2.45, 2.75) is 6.17 Å². The molecule has 5 heteroatoms. The lowest BCUT2D eigenvalue weighted by Crippen LogP contribution is -2.46. The summed E-state index contributed by atoms with van der Waals surface area (Å²) in [6, 6.07) is 24.8. The number of carbonyl (C=O) groups is 2. The maximum atomic E-state index is 13.0. The van der Waals surface area contributed by atoms with Crippen molar-refractivity contribution >= 4 is 17.4 Å². The quantitative estimate of drug-likeness (QED) is 0.497. The largest absolute Gasteiger partial charge is 0.495 e. The predicted octanol–water partition coefficient (Wildman–Crippen LogP) is 3.75. The van der Waals surface area contributed by atoms with E-state index < -0.39 is 6.17 Å². The lowest BCUT2D eigenvalue weighted by molar-refractivity contribution is 0.0869. The highest BCUT2D eigenvalue weighted by Crippen LogP contribution is 2.24. The molecule has 1 amide bonds. The zero-order chi connectivity index (χ0) is 19.1. The standard InChI is InChI=1S/C22H20N2O3/c1-27-19-15-9-8-14-18(19)23-21(20(25)16-10-4-2-5-11-16)24-22(26)17-12-6-3-7-13-17/h2-15,21,23H,1H3,(H,24,26). The van der Waals surface area contributed by atoms with Crippen LogP contribution in [-0.4, -0.2) is 25.0 Å². The number of rotatable bonds is 7. The summed E-state index contributed by atoms with van der Waals surface area (Å²) in [6.45, 7) is 0. The molecule has 0 radical (unpaired) electrons. The average molecular weight is 360 g/mol. The third-order valence-corrected chi connectivity index (χ3v) is 4.04. The van der Waals surface area contributed by atoms with Crippen molar-refractivity contribution in [3.8, 4) is 5.75 Å². The third-order valence-electron chi connectivity index (χ3n) is 4.04. The molecule has 0 heterocycles. The van der Waals surface area contributed by atoms with E-state index in [0.717, 1.165) is 0 Å². The highest BCUT2D eigenvalue weighted by Gasteiger charge is 2.23. The number of ether oxygens (including phenoxy) is 1. The Morgan fingerprint density at radius 1 is 0.778 bits per heavy atom. The molecule has 1 unspecified atom stereocenters. The minimum absolute atomic E-state index is 0.245. The van der Waals surface area contributed by atoms with Gasteiger partial charge in [0.25, 0.3) is 5.91 Å². The number of ketones is 1. The van der Waals surface area contributed by atoms with Gasteiger partial charge in [0.1, 0.15) is 5.75 Å². The molecule has 1 atom stereocenters. The van der Waals surface area contributed by atoms with Gasteiger partial charge in [0.2, 0.25) is 5.78 Å². The Morgan fingerprint density at radius 2 is 1.33 bits per heavy atom. The first kappa shape index (κ1) is 18.2. The number of amides is 1. The topological polar surface area (TPSA) is 67.4 Å². The molecule has 27 heavy (non-hydrogen) atoms. The molecular formula is C22H20N2O3. The Kier molecular flexibility index (Phi) is 5.84. The predicted molar refractivity (Wildman–Crippen MR) is 105 cm³/mol. The van der Waals surface area contributed by atoms with E-state index in [9.17, 15) is 9.59 Å². The lowest BCUT2D eigenvalue weighted by Gasteiger charge is -2.21. The molecule has 0 aliphatic carbocycles. The van der Waals surface area contributed by atoms with Gasteiger partial charge in [-0.3, -0.25) is 9.59 Å². The molecule has 136 valence electrons. The van der Waals surface area contributed by atoms with E-state index in [1.807, 2.05) is 24.3 Å². The molecule has 0 fully saturated rings. The minimum Gasteiger partial charge on any atom is -0.495 e. The molecule has 3 rings (SSSR count). The number of methoxy groups -OCH3 is 1. The van der Waals surface area contributed by atoms with Crippen LogP contribution in [0.15, 0.2) is 84.9 Å². The Hall–Kier alpha value is -3.60. The molecule has 0 bridgehead atoms. The average Bonchev–Trinajstić information content (AvgIpc) is 2.74. The first-order valence-corrected chi connectivity index (χ1v) is 8.54. The van der Waals surface area contributed by atoms with Crippen LogP contribution in [0.2, 0.25) is 0 Å². The molecule has 0 spiro atoms. The fraction of sp³-hybridized carbons (Fsp3) is 0.0909. The molecule has 3 aromatic carbocycles. The number of carbonyl (C=O) groups excluding carboxylic acids is 2. The summed E-state index contributed by atoms with van der Waals surface area (Å²) in [5, 5.41) is 5.87. The monoisotopic (exact) mass is 360 g/mol. The van der Waals surface area contributed by atoms with Gasteiger partial charge in [0.05, 0.1) is 12.8 Å². The number of anilines is 1. The van der Waals surface area contributed by atoms with Gasteiger partial charge in [-0.1, -0.05) is 60.7 Å². The van der Waals surface area contributed by atoms with E-state index in [1.165, 1.54) is 0 Å². The minimum atomic E-state index is -0.948. The Morgan fingerprint density at radius 3 is 1.96 bits per heavy atom. The number of hydrogen-bond acceptors (Lipinski definition) is 4. The van der Waals surface area contributed by atoms with Crippen LogP contribution in [-0.2, 0) is 0 Å². The normalized spacial score (nSPS) is 11.3. The second-order valence-electron chi connectivity index (χ2n) is 5.85. The number of Topliss-reactive ketones (excluding diaryl/α,β-unsaturated/α-hetero) is 1. The van der Waals surface area contributed by atoms with Gasteiger partial charge in [-0.05, 0) is 24.3 Å². The molecule has 3 aromatic rings. The lowest BCUT2D eigenvalue weighted by atomic mass is 10.1. The maximum absolute atomic E-state index is 13.0. The Labute approximate surface area is 158 Å². The van der Waals surface area contributed by atoms with Crippen molar-refractivity contribution in [2.24, 2.45) is 0 Å². The molecule has 0 aliphatic heterocycles. The smallest absolute Gasteiger partial charge is 0.253 e. The van der Waals surface area contributed by atoms with E-state index in [4.69, 9.17) is 4.74 Å². The van der Waals surface area contributed by atoms with Crippen LogP contribution in [0.1, 0.15) is 20.7 Å². The van der Waals surface area contributed by atoms with Crippen molar-refractivity contribution in [1.29, 1.82) is 0 Å². The summed E-state index contributed by atoms with van der Waals surface area (Å²) < 4.78 is 5.33. The zero-order valence-electron chi connectivity index (χ0n) is 14.9. The fourth-order valence-corrected chi connectivity index (χ4v) is 2.66. The van der Waals surface area contributed by atoms with Crippen molar-refractivity contribution in [3.05, 3.63) is 96.1 Å². The van der Waals surface area contributed by atoms with E-state index >= 15 is 0 Å². The summed E-state index contributed by atoms with van der Waals surface area (Å²) in [7, 11) is 1.55. The highest BCUT2D eigenvalue weighted by molar-refractivity contribution is 6.05. The second-order valence-corrected chi connectivity index (χ2v) is 5.85. The van der Waals surface area contributed by atoms with Crippen LogP contribution in [0.5, 0.6) is 5.75 Å². The SMILES string of the molecule is COc1ccccc1NC(NC(=O)c1ccccc1)C(=O)c1ccccc1. The van der Waals surface area contributed by atoms with Gasteiger partial charge >= 0.3 is 0 Å². The number of nitrogens with one attached hydrogen (secondary N) is 2. The number of hydrogen-bond donors (Lipinski definition) is 2. The molecule has 5 nitrogen and oxygen atoms in total. The molecule has 0 aromatic heterocycles. The van der Waals surface area contributed by atoms with E-state index in [2.05, 4.69) is 10.6 Å². The summed E-state index contributed by atoms with van der Waals surface area (Å²) in [4.78, 5) is 25.6. The van der Waals surface area contributed by atoms with Gasteiger partial charge in [-0.2, -0.15) is 0 Å². The van der Waals surface area contributed by atoms with Crippen LogP contribution >= 0.6 is 0 Å². The van der Waals surface area contributed by atoms with Gasteiger partial charge in [0.15, 0.2) is 6.17 Å². The fourth-order valence-electron chi connectivity index (χ4n) is 2.66. The van der Waals surface area contributed by atoms with Crippen LogP contribution in [0, 0.1) is 0 Å². The van der Waals surface area contributed by atoms with Crippen molar-refractivity contribution < 1.29 is 14.3 Å². The Bertz CT molecular complexity index is 911. The van der Waals surface area contributed by atoms with Crippen molar-refractivity contribution in [3.63, 3.8) is 0 Å². The van der Waals surface area contributed by atoms with E-state index in [1.54, 1.807) is 67.8 Å². The Balaban J connectivity index is 1.88. The summed E-state index contributed by atoms with van der Waals surface area (Å²) in [5.41, 5.74) is 1.59. The number of benzene rings is 3. The highest BCUT2D eigenvalue weighted by atomic mass is 16.5. The van der Waals surface area contributed by atoms with Crippen molar-refractivity contribution in [1.82, 2.24) is 5.32 Å². The molecule has 2 N–H and O–H groups in total. The van der Waals surface area contributed by atoms with Crippen LogP contribution in [0.4, 0.5) is 5.69 Å². The van der Waals surface area contributed by atoms with E-state index in [0.29, 0.717) is 22.6 Å². The van der Waals surface area contributed by atoms with Gasteiger partial charge in [0, 0.05) is 11.1 Å². The van der Waals surface area contributed by atoms with Gasteiger partial charge in [-0.25, -0.2) is 0 Å². The molecule has 0 aliphatic rings. The van der Waals surface area contributed by atoms with E-state index in [-0.39, 0.29) is 11.7 Å². The van der Waals surface area contributed by atoms with Crippen LogP contribution < -0.4 is 15.4 Å². The van der Waals surface area contributed by atoms with Gasteiger partial charge in [-0.15, -0.1) is 0 Å². The zero-order valence-corrected chi connectivity index (χ0v) is 14.9. The second kappa shape index (κ2) is 8.67. The molecule has 0 saturated carbocycles. The maximum Gasteiger partial charge on any atom is 0.253 e. The number of para-hydroxylation sites is 2. The van der Waals surface area contributed by atoms with Crippen LogP contribution in [0.25, 0.3) is 0 Å². The third kappa shape index (κ3) is 4.52. The summed E-state index contributed by atoms with van der Waals surface area (Å²) in [5.74, 6) is -0.00427. The first-order chi connectivity index (χ1) is 13.2. The van der Waals surface area contributed by atoms with Crippen LogP contribution in [0.3, 0.4) is 0 Å². The van der Waals surface area contributed by atoms with Gasteiger partial charge < -0.3 is 15.4 Å². The summed E-state index contributed by atoms with van der Waals surface area (Å²) >= 11 is 0. The van der Waals surface area contributed by atoms with Crippen molar-refractivity contribution in [2.75, 3.05) is 12.4 Å². The molecular weight excluding hydrogens is 340 g/mol. The molecule has 0 saturated heterocycles. The first-order valence-electron chi connectivity index (χ1n) is 8.54. The summed E-state index contributed by atoms with van der Waals surface area (Å²) in [6.07, 6.45) is -0.948.